The lowest BCUT2D eigenvalue weighted by Gasteiger charge is -2.12. The number of hydrogen-bond acceptors (Lipinski definition) is 4. The third-order valence-corrected chi connectivity index (χ3v) is 3.41. The second-order valence-corrected chi connectivity index (χ2v) is 5.11. The molecule has 0 radical (unpaired) electrons. The van der Waals surface area contributed by atoms with E-state index in [0.717, 1.165) is 11.3 Å². The van der Waals surface area contributed by atoms with Crippen LogP contribution in [0.2, 0.25) is 0 Å². The second-order valence-electron chi connectivity index (χ2n) is 5.11. The van der Waals surface area contributed by atoms with Crippen LogP contribution in [0.25, 0.3) is 22.1 Å². The largest absolute Gasteiger partial charge is 0.508 e. The average Bonchev–Trinajstić information content (AvgIpc) is 2.47. The number of nitrogens with zero attached hydrogens (tertiary/aromatic N) is 1. The molecule has 0 aliphatic rings. The van der Waals surface area contributed by atoms with E-state index < -0.39 is 0 Å². The highest BCUT2D eigenvalue weighted by atomic mass is 16.4. The minimum atomic E-state index is -0.384. The molecule has 0 fully saturated rings. The van der Waals surface area contributed by atoms with Crippen LogP contribution < -0.4 is 10.5 Å². The zero-order valence-corrected chi connectivity index (χ0v) is 11.8. The quantitative estimate of drug-likeness (QED) is 0.733. The molecule has 0 unspecified atom stereocenters. The van der Waals surface area contributed by atoms with Gasteiger partial charge in [0.1, 0.15) is 11.3 Å². The van der Waals surface area contributed by atoms with E-state index in [9.17, 15) is 9.90 Å². The van der Waals surface area contributed by atoms with E-state index >= 15 is 0 Å². The summed E-state index contributed by atoms with van der Waals surface area (Å²) in [6, 6.07) is 14.1. The third kappa shape index (κ3) is 2.48. The summed E-state index contributed by atoms with van der Waals surface area (Å²) >= 11 is 0. The van der Waals surface area contributed by atoms with Gasteiger partial charge >= 0.3 is 5.63 Å². The summed E-state index contributed by atoms with van der Waals surface area (Å²) in [5.74, 6) is 0.144. The van der Waals surface area contributed by atoms with E-state index in [4.69, 9.17) is 4.42 Å². The lowest BCUT2D eigenvalue weighted by molar-refractivity contribution is 0.475. The van der Waals surface area contributed by atoms with Gasteiger partial charge in [0, 0.05) is 25.2 Å². The minimum absolute atomic E-state index is 0.144. The Kier molecular flexibility index (Phi) is 3.14. The predicted octanol–water partition coefficient (Wildman–Crippen LogP) is 3.23. The van der Waals surface area contributed by atoms with Gasteiger partial charge in [-0.05, 0) is 42.0 Å². The molecular weight excluding hydrogens is 266 g/mol. The summed E-state index contributed by atoms with van der Waals surface area (Å²) in [6.07, 6.45) is 0. The van der Waals surface area contributed by atoms with Crippen molar-refractivity contribution < 1.29 is 9.52 Å². The van der Waals surface area contributed by atoms with Crippen LogP contribution in [0.15, 0.2) is 57.7 Å². The second kappa shape index (κ2) is 4.98. The van der Waals surface area contributed by atoms with Gasteiger partial charge in [-0.25, -0.2) is 4.79 Å². The minimum Gasteiger partial charge on any atom is -0.508 e. The Balaban J connectivity index is 2.15. The van der Waals surface area contributed by atoms with Gasteiger partial charge in [0.2, 0.25) is 0 Å². The monoisotopic (exact) mass is 281 g/mol. The van der Waals surface area contributed by atoms with E-state index in [-0.39, 0.29) is 11.4 Å². The molecule has 1 heterocycles. The Morgan fingerprint density at radius 2 is 1.71 bits per heavy atom. The van der Waals surface area contributed by atoms with Gasteiger partial charge in [-0.2, -0.15) is 0 Å². The SMILES string of the molecule is CN(C)c1ccc(-c2cc3cc(O)ccc3oc2=O)cc1. The highest BCUT2D eigenvalue weighted by Crippen LogP contribution is 2.25. The first-order valence-corrected chi connectivity index (χ1v) is 6.59. The molecule has 106 valence electrons. The molecule has 0 saturated heterocycles. The number of anilines is 1. The number of phenols is 1. The molecule has 0 amide bonds. The highest BCUT2D eigenvalue weighted by Gasteiger charge is 2.08. The smallest absolute Gasteiger partial charge is 0.344 e. The van der Waals surface area contributed by atoms with Crippen LogP contribution in [0.1, 0.15) is 0 Å². The summed E-state index contributed by atoms with van der Waals surface area (Å²) in [6.45, 7) is 0. The molecule has 2 aromatic carbocycles. The summed E-state index contributed by atoms with van der Waals surface area (Å²) in [5.41, 5.74) is 2.41. The first kappa shape index (κ1) is 13.2. The van der Waals surface area contributed by atoms with Crippen LogP contribution in [0.5, 0.6) is 5.75 Å². The summed E-state index contributed by atoms with van der Waals surface area (Å²) in [4.78, 5) is 14.1. The topological polar surface area (TPSA) is 53.7 Å². The Hall–Kier alpha value is -2.75. The fraction of sp³-hybridized carbons (Fsp3) is 0.118. The van der Waals surface area contributed by atoms with Crippen molar-refractivity contribution >= 4 is 16.7 Å². The van der Waals surface area contributed by atoms with Crippen molar-refractivity contribution in [3.63, 3.8) is 0 Å². The highest BCUT2D eigenvalue weighted by molar-refractivity contribution is 5.83. The van der Waals surface area contributed by atoms with Gasteiger partial charge in [0.15, 0.2) is 0 Å². The van der Waals surface area contributed by atoms with E-state index in [0.29, 0.717) is 16.5 Å². The van der Waals surface area contributed by atoms with Gasteiger partial charge in [0.05, 0.1) is 5.56 Å². The number of rotatable bonds is 2. The molecular formula is C17H15NO3. The van der Waals surface area contributed by atoms with Crippen LogP contribution in [0, 0.1) is 0 Å². The number of hydrogen-bond donors (Lipinski definition) is 1. The fourth-order valence-corrected chi connectivity index (χ4v) is 2.25. The lowest BCUT2D eigenvalue weighted by atomic mass is 10.1. The maximum absolute atomic E-state index is 12.1. The Bertz CT molecular complexity index is 848. The van der Waals surface area contributed by atoms with Crippen molar-refractivity contribution in [2.45, 2.75) is 0 Å². The van der Waals surface area contributed by atoms with Crippen molar-refractivity contribution in [3.8, 4) is 16.9 Å². The summed E-state index contributed by atoms with van der Waals surface area (Å²) in [7, 11) is 3.92. The van der Waals surface area contributed by atoms with Crippen molar-refractivity contribution in [2.24, 2.45) is 0 Å². The Labute approximate surface area is 121 Å². The van der Waals surface area contributed by atoms with E-state index in [1.54, 1.807) is 18.2 Å². The molecule has 0 spiro atoms. The maximum Gasteiger partial charge on any atom is 0.344 e. The number of phenolic OH excluding ortho intramolecular Hbond substituents is 1. The van der Waals surface area contributed by atoms with Crippen LogP contribution in [-0.2, 0) is 0 Å². The Morgan fingerprint density at radius 1 is 1.00 bits per heavy atom. The number of benzene rings is 2. The first-order valence-electron chi connectivity index (χ1n) is 6.59. The predicted molar refractivity (Wildman–Crippen MR) is 83.9 cm³/mol. The van der Waals surface area contributed by atoms with Gasteiger partial charge in [-0.3, -0.25) is 0 Å². The molecule has 1 N–H and O–H groups in total. The fourth-order valence-electron chi connectivity index (χ4n) is 2.25. The van der Waals surface area contributed by atoms with Crippen LogP contribution in [0.3, 0.4) is 0 Å². The molecule has 0 bridgehead atoms. The normalized spacial score (nSPS) is 10.8. The molecule has 0 aliphatic carbocycles. The van der Waals surface area contributed by atoms with Crippen molar-refractivity contribution in [1.29, 1.82) is 0 Å². The maximum atomic E-state index is 12.1. The van der Waals surface area contributed by atoms with Crippen LogP contribution >= 0.6 is 0 Å². The van der Waals surface area contributed by atoms with Crippen LogP contribution in [-0.4, -0.2) is 19.2 Å². The van der Waals surface area contributed by atoms with Gasteiger partial charge in [0.25, 0.3) is 0 Å². The molecule has 3 aromatic rings. The van der Waals surface area contributed by atoms with Gasteiger partial charge in [-0.15, -0.1) is 0 Å². The van der Waals surface area contributed by atoms with Crippen molar-refractivity contribution in [3.05, 3.63) is 59.0 Å². The van der Waals surface area contributed by atoms with Crippen LogP contribution in [0.4, 0.5) is 5.69 Å². The molecule has 3 rings (SSSR count). The lowest BCUT2D eigenvalue weighted by Crippen LogP contribution is -2.08. The number of aromatic hydroxyl groups is 1. The first-order chi connectivity index (χ1) is 10.0. The third-order valence-electron chi connectivity index (χ3n) is 3.41. The van der Waals surface area contributed by atoms with E-state index in [2.05, 4.69) is 0 Å². The molecule has 4 nitrogen and oxygen atoms in total. The van der Waals surface area contributed by atoms with Gasteiger partial charge < -0.3 is 14.4 Å². The number of fused-ring (bicyclic) bond motifs is 1. The van der Waals surface area contributed by atoms with Gasteiger partial charge in [-0.1, -0.05) is 12.1 Å². The molecule has 0 atom stereocenters. The average molecular weight is 281 g/mol. The molecule has 0 saturated carbocycles. The summed E-state index contributed by atoms with van der Waals surface area (Å²) < 4.78 is 5.30. The summed E-state index contributed by atoms with van der Waals surface area (Å²) in [5, 5.41) is 10.2. The molecule has 1 aromatic heterocycles. The molecule has 4 heteroatoms. The zero-order valence-electron chi connectivity index (χ0n) is 11.8. The van der Waals surface area contributed by atoms with Crippen molar-refractivity contribution in [1.82, 2.24) is 0 Å². The standard InChI is InChI=1S/C17H15NO3/c1-18(2)13-5-3-11(4-6-13)15-10-12-9-14(19)7-8-16(12)21-17(15)20/h3-10,19H,1-2H3. The van der Waals surface area contributed by atoms with E-state index in [1.807, 2.05) is 43.3 Å². The zero-order chi connectivity index (χ0) is 15.0. The Morgan fingerprint density at radius 3 is 2.38 bits per heavy atom. The van der Waals surface area contributed by atoms with E-state index in [1.165, 1.54) is 6.07 Å². The van der Waals surface area contributed by atoms with Crippen molar-refractivity contribution in [2.75, 3.05) is 19.0 Å². The molecule has 0 aliphatic heterocycles. The molecule has 21 heavy (non-hydrogen) atoms.